The van der Waals surface area contributed by atoms with Crippen LogP contribution in [0.1, 0.15) is 5.56 Å². The molecule has 0 N–H and O–H groups in total. The van der Waals surface area contributed by atoms with Gasteiger partial charge >= 0.3 is 0 Å². The predicted octanol–water partition coefficient (Wildman–Crippen LogP) is 5.50. The van der Waals surface area contributed by atoms with Gasteiger partial charge in [0.25, 0.3) is 0 Å². The third-order valence-corrected chi connectivity index (χ3v) is 3.63. The first-order valence-electron chi connectivity index (χ1n) is 7.38. The molecule has 0 aliphatic carbocycles. The van der Waals surface area contributed by atoms with Crippen LogP contribution in [0.5, 0.6) is 11.5 Å². The van der Waals surface area contributed by atoms with Crippen LogP contribution in [0.25, 0.3) is 0 Å². The predicted molar refractivity (Wildman–Crippen MR) is 94.0 cm³/mol. The van der Waals surface area contributed by atoms with Crippen LogP contribution in [0.3, 0.4) is 0 Å². The maximum Gasteiger partial charge on any atom is 0.244 e. The van der Waals surface area contributed by atoms with Crippen LogP contribution < -0.4 is 4.74 Å². The molecule has 0 bridgehead atoms. The molecule has 0 radical (unpaired) electrons. The lowest BCUT2D eigenvalue weighted by Crippen LogP contribution is -2.24. The summed E-state index contributed by atoms with van der Waals surface area (Å²) in [6.45, 7) is 9.78. The molecule has 0 fully saturated rings. The quantitative estimate of drug-likeness (QED) is 0.392. The summed E-state index contributed by atoms with van der Waals surface area (Å²) in [6, 6.07) is 9.63. The Balaban J connectivity index is 2.21. The van der Waals surface area contributed by atoms with Crippen molar-refractivity contribution in [2.75, 3.05) is 0 Å². The fourth-order valence-corrected chi connectivity index (χ4v) is 2.62. The number of nitrogens with zero attached hydrogens (tertiary/aromatic N) is 1. The number of hydrogen-bond donors (Lipinski definition) is 0. The van der Waals surface area contributed by atoms with Crippen molar-refractivity contribution in [3.05, 3.63) is 72.1 Å². The molecule has 0 atom stereocenters. The highest BCUT2D eigenvalue weighted by molar-refractivity contribution is 6.70. The van der Waals surface area contributed by atoms with Gasteiger partial charge in [-0.05, 0) is 68.7 Å². The summed E-state index contributed by atoms with van der Waals surface area (Å²) in [7, 11) is -1.80. The molecular weight excluding hydrogens is 328 g/mol. The van der Waals surface area contributed by atoms with E-state index in [-0.39, 0.29) is 11.7 Å². The molecule has 0 saturated carbocycles. The number of ether oxygens (including phenoxy) is 1. The van der Waals surface area contributed by atoms with Gasteiger partial charge in [0.15, 0.2) is 5.88 Å². The molecule has 2 rings (SSSR count). The maximum atomic E-state index is 13.5. The summed E-state index contributed by atoms with van der Waals surface area (Å²) < 4.78 is 37.8. The molecule has 0 saturated heterocycles. The topological polar surface area (TPSA) is 30.8 Å². The van der Waals surface area contributed by atoms with Crippen molar-refractivity contribution in [3.8, 4) is 11.5 Å². The summed E-state index contributed by atoms with van der Waals surface area (Å²) >= 11 is 0. The van der Waals surface area contributed by atoms with E-state index in [1.54, 1.807) is 0 Å². The van der Waals surface area contributed by atoms with Crippen LogP contribution in [0.2, 0.25) is 19.6 Å². The summed E-state index contributed by atoms with van der Waals surface area (Å²) in [5.74, 6) is 0.330. The lowest BCUT2D eigenvalue weighted by Gasteiger charge is -2.18. The van der Waals surface area contributed by atoms with Crippen molar-refractivity contribution >= 4 is 14.5 Å². The van der Waals surface area contributed by atoms with Crippen LogP contribution in [-0.2, 0) is 4.43 Å². The van der Waals surface area contributed by atoms with E-state index in [4.69, 9.17) is 9.16 Å². The Kier molecular flexibility index (Phi) is 5.51. The Hall–Kier alpha value is -2.47. The first-order chi connectivity index (χ1) is 11.2. The zero-order valence-electron chi connectivity index (χ0n) is 13.8. The SMILES string of the molecule is C=C(/N=C/c1cc(F)ccc1Oc1ccc(F)cc1)O[Si](C)(C)C. The molecule has 3 nitrogen and oxygen atoms in total. The monoisotopic (exact) mass is 347 g/mol. The summed E-state index contributed by atoms with van der Waals surface area (Å²) in [6.07, 6.45) is 1.43. The number of hydrogen-bond acceptors (Lipinski definition) is 3. The standard InChI is InChI=1S/C18H19F2NO2Si/c1-13(23-24(2,3)4)21-12-14-11-16(20)7-10-18(14)22-17-8-5-15(19)6-9-17/h5-12H,1H2,2-4H3/b21-12+. The molecule has 0 unspecified atom stereocenters. The fraction of sp³-hybridized carbons (Fsp3) is 0.167. The van der Waals surface area contributed by atoms with Gasteiger partial charge in [0.05, 0.1) is 0 Å². The molecule has 2 aromatic rings. The van der Waals surface area contributed by atoms with E-state index in [1.165, 1.54) is 48.7 Å². The van der Waals surface area contributed by atoms with Crippen molar-refractivity contribution in [2.24, 2.45) is 4.99 Å². The van der Waals surface area contributed by atoms with E-state index < -0.39 is 14.1 Å². The highest BCUT2D eigenvalue weighted by atomic mass is 28.4. The molecule has 0 aliphatic heterocycles. The fourth-order valence-electron chi connectivity index (χ4n) is 1.86. The molecule has 126 valence electrons. The molecule has 0 heterocycles. The van der Waals surface area contributed by atoms with Gasteiger partial charge in [-0.3, -0.25) is 0 Å². The van der Waals surface area contributed by atoms with Gasteiger partial charge < -0.3 is 9.16 Å². The maximum absolute atomic E-state index is 13.5. The molecule has 0 aromatic heterocycles. The number of rotatable bonds is 6. The van der Waals surface area contributed by atoms with E-state index in [0.717, 1.165) is 0 Å². The number of benzene rings is 2. The average Bonchev–Trinajstić information content (AvgIpc) is 2.48. The van der Waals surface area contributed by atoms with Crippen molar-refractivity contribution in [3.63, 3.8) is 0 Å². The van der Waals surface area contributed by atoms with Crippen LogP contribution in [0, 0.1) is 11.6 Å². The Labute approximate surface area is 141 Å². The molecule has 2 aromatic carbocycles. The van der Waals surface area contributed by atoms with Gasteiger partial charge in [-0.15, -0.1) is 0 Å². The average molecular weight is 347 g/mol. The van der Waals surface area contributed by atoms with Gasteiger partial charge in [-0.1, -0.05) is 0 Å². The van der Waals surface area contributed by atoms with Crippen LogP contribution >= 0.6 is 0 Å². The second-order valence-electron chi connectivity index (χ2n) is 6.10. The summed E-state index contributed by atoms with van der Waals surface area (Å²) in [5, 5.41) is 0. The molecule has 0 amide bonds. The van der Waals surface area contributed by atoms with Crippen LogP contribution in [0.4, 0.5) is 8.78 Å². The minimum absolute atomic E-state index is 0.270. The third-order valence-electron chi connectivity index (χ3n) is 2.78. The van der Waals surface area contributed by atoms with Gasteiger partial charge in [0.2, 0.25) is 8.32 Å². The lowest BCUT2D eigenvalue weighted by atomic mass is 10.2. The van der Waals surface area contributed by atoms with Crippen molar-refractivity contribution in [2.45, 2.75) is 19.6 Å². The molecule has 6 heteroatoms. The van der Waals surface area contributed by atoms with E-state index in [1.807, 2.05) is 19.6 Å². The van der Waals surface area contributed by atoms with Gasteiger partial charge in [0, 0.05) is 11.8 Å². The van der Waals surface area contributed by atoms with Crippen LogP contribution in [0.15, 0.2) is 59.9 Å². The smallest absolute Gasteiger partial charge is 0.244 e. The van der Waals surface area contributed by atoms with E-state index in [2.05, 4.69) is 11.6 Å². The van der Waals surface area contributed by atoms with E-state index in [0.29, 0.717) is 17.1 Å². The molecule has 0 spiro atoms. The Morgan fingerprint density at radius 1 is 1.04 bits per heavy atom. The summed E-state index contributed by atoms with van der Waals surface area (Å²) in [4.78, 5) is 4.12. The first-order valence-corrected chi connectivity index (χ1v) is 10.8. The first kappa shape index (κ1) is 17.9. The van der Waals surface area contributed by atoms with Gasteiger partial charge in [0.1, 0.15) is 23.1 Å². The van der Waals surface area contributed by atoms with Crippen molar-refractivity contribution in [1.82, 2.24) is 0 Å². The Morgan fingerprint density at radius 2 is 1.67 bits per heavy atom. The molecule has 0 aliphatic rings. The second-order valence-corrected chi connectivity index (χ2v) is 10.5. The third kappa shape index (κ3) is 5.62. The Bertz CT molecular complexity index is 753. The zero-order valence-corrected chi connectivity index (χ0v) is 14.8. The van der Waals surface area contributed by atoms with Gasteiger partial charge in [-0.2, -0.15) is 0 Å². The number of halogens is 2. The van der Waals surface area contributed by atoms with Gasteiger partial charge in [-0.25, -0.2) is 13.8 Å². The van der Waals surface area contributed by atoms with Crippen molar-refractivity contribution in [1.29, 1.82) is 0 Å². The normalized spacial score (nSPS) is 11.5. The Morgan fingerprint density at radius 3 is 2.29 bits per heavy atom. The lowest BCUT2D eigenvalue weighted by molar-refractivity contribution is 0.421. The van der Waals surface area contributed by atoms with Crippen LogP contribution in [-0.4, -0.2) is 14.5 Å². The second kappa shape index (κ2) is 7.40. The highest BCUT2D eigenvalue weighted by Gasteiger charge is 2.16. The molecular formula is C18H19F2NO2Si. The summed E-state index contributed by atoms with van der Waals surface area (Å²) in [5.41, 5.74) is 0.430. The minimum Gasteiger partial charge on any atom is -0.532 e. The molecule has 24 heavy (non-hydrogen) atoms. The minimum atomic E-state index is -1.80. The highest BCUT2D eigenvalue weighted by Crippen LogP contribution is 2.25. The van der Waals surface area contributed by atoms with Crippen molar-refractivity contribution < 1.29 is 17.9 Å². The number of aliphatic imine (C=N–C) groups is 1. The van der Waals surface area contributed by atoms with E-state index >= 15 is 0 Å². The zero-order chi connectivity index (χ0) is 17.7. The largest absolute Gasteiger partial charge is 0.532 e. The van der Waals surface area contributed by atoms with E-state index in [9.17, 15) is 8.78 Å².